The highest BCUT2D eigenvalue weighted by Gasteiger charge is 2.53. The van der Waals surface area contributed by atoms with Crippen LogP contribution in [0.1, 0.15) is 46.2 Å². The van der Waals surface area contributed by atoms with E-state index in [1.165, 1.54) is 0 Å². The molecule has 1 aliphatic carbocycles. The third kappa shape index (κ3) is 2.17. The maximum atomic E-state index is 10.2. The van der Waals surface area contributed by atoms with E-state index in [-0.39, 0.29) is 0 Å². The number of halogens is 1. The summed E-state index contributed by atoms with van der Waals surface area (Å²) in [6.07, 6.45) is 3.04. The first kappa shape index (κ1) is 14.3. The first-order valence-corrected chi connectivity index (χ1v) is 7.26. The van der Waals surface area contributed by atoms with E-state index in [4.69, 9.17) is 20.9 Å². The van der Waals surface area contributed by atoms with Gasteiger partial charge in [-0.25, -0.2) is 0 Å². The van der Waals surface area contributed by atoms with Gasteiger partial charge in [-0.1, -0.05) is 11.6 Å². The van der Waals surface area contributed by atoms with Crippen molar-refractivity contribution in [2.24, 2.45) is 0 Å². The van der Waals surface area contributed by atoms with E-state index in [0.717, 1.165) is 18.3 Å². The molecule has 1 saturated heterocycles. The molecule has 2 heterocycles. The zero-order valence-corrected chi connectivity index (χ0v) is 13.0. The van der Waals surface area contributed by atoms with Crippen molar-refractivity contribution in [3.63, 3.8) is 0 Å². The molecule has 0 bridgehead atoms. The topological polar surface area (TPSA) is 51.6 Å². The molecule has 1 saturated carbocycles. The van der Waals surface area contributed by atoms with Crippen LogP contribution in [0.2, 0.25) is 5.02 Å². The van der Waals surface area contributed by atoms with E-state index in [1.807, 2.05) is 27.7 Å². The van der Waals surface area contributed by atoms with Crippen LogP contribution in [0.15, 0.2) is 12.3 Å². The van der Waals surface area contributed by atoms with Crippen LogP contribution in [0.4, 0.5) is 0 Å². The van der Waals surface area contributed by atoms with Crippen LogP contribution in [0.3, 0.4) is 0 Å². The molecule has 0 amide bonds. The molecule has 1 aromatic heterocycles. The number of pyridine rings is 1. The van der Waals surface area contributed by atoms with Crippen molar-refractivity contribution in [2.75, 3.05) is 0 Å². The van der Waals surface area contributed by atoms with Crippen LogP contribution < -0.4 is 5.46 Å². The highest BCUT2D eigenvalue weighted by atomic mass is 35.5. The molecule has 108 valence electrons. The van der Waals surface area contributed by atoms with Crippen LogP contribution >= 0.6 is 11.6 Å². The van der Waals surface area contributed by atoms with Crippen molar-refractivity contribution >= 4 is 24.2 Å². The van der Waals surface area contributed by atoms with Gasteiger partial charge in [0.1, 0.15) is 5.60 Å². The Bertz CT molecular complexity index is 541. The van der Waals surface area contributed by atoms with Crippen LogP contribution in [0.5, 0.6) is 0 Å². The normalized spacial score (nSPS) is 25.8. The van der Waals surface area contributed by atoms with E-state index in [2.05, 4.69) is 4.98 Å². The Labute approximate surface area is 124 Å². The van der Waals surface area contributed by atoms with Gasteiger partial charge in [-0.3, -0.25) is 4.98 Å². The Balaban J connectivity index is 1.95. The second-order valence-corrected chi connectivity index (χ2v) is 7.12. The Morgan fingerprint density at radius 2 is 1.75 bits per heavy atom. The molecule has 3 rings (SSSR count). The number of aromatic nitrogens is 1. The highest BCUT2D eigenvalue weighted by Crippen LogP contribution is 2.44. The fourth-order valence-corrected chi connectivity index (χ4v) is 2.43. The van der Waals surface area contributed by atoms with Crippen molar-refractivity contribution in [3.8, 4) is 0 Å². The number of rotatable bonds is 2. The predicted molar refractivity (Wildman–Crippen MR) is 78.1 cm³/mol. The van der Waals surface area contributed by atoms with Gasteiger partial charge >= 0.3 is 7.12 Å². The maximum absolute atomic E-state index is 10.2. The lowest BCUT2D eigenvalue weighted by atomic mass is 9.79. The Hall–Kier alpha value is -0.615. The molecule has 0 aromatic carbocycles. The van der Waals surface area contributed by atoms with E-state index in [0.29, 0.717) is 10.7 Å². The minimum Gasteiger partial charge on any atom is -0.399 e. The number of hydrogen-bond donors (Lipinski definition) is 1. The summed E-state index contributed by atoms with van der Waals surface area (Å²) in [6, 6.07) is 1.80. The summed E-state index contributed by atoms with van der Waals surface area (Å²) < 4.78 is 12.0. The molecular formula is C14H19BClNO3. The number of aliphatic hydroxyl groups is 1. The van der Waals surface area contributed by atoms with Gasteiger partial charge < -0.3 is 14.4 Å². The molecule has 1 N–H and O–H groups in total. The van der Waals surface area contributed by atoms with Gasteiger partial charge in [-0.05, 0) is 46.6 Å². The summed E-state index contributed by atoms with van der Waals surface area (Å²) in [5.41, 5.74) is -0.243. The van der Waals surface area contributed by atoms with Gasteiger partial charge in [-0.2, -0.15) is 0 Å². The molecule has 2 aliphatic rings. The summed E-state index contributed by atoms with van der Waals surface area (Å²) in [4.78, 5) is 4.22. The molecular weight excluding hydrogens is 276 g/mol. The van der Waals surface area contributed by atoms with Crippen LogP contribution in [0.25, 0.3) is 0 Å². The number of hydrogen-bond acceptors (Lipinski definition) is 4. The summed E-state index contributed by atoms with van der Waals surface area (Å²) in [5, 5.41) is 10.7. The molecule has 1 aliphatic heterocycles. The van der Waals surface area contributed by atoms with E-state index >= 15 is 0 Å². The van der Waals surface area contributed by atoms with Crippen LogP contribution in [0, 0.1) is 0 Å². The first-order valence-electron chi connectivity index (χ1n) is 6.89. The lowest BCUT2D eigenvalue weighted by Crippen LogP contribution is -2.41. The largest absolute Gasteiger partial charge is 0.496 e. The second kappa shape index (κ2) is 4.20. The molecule has 6 heteroatoms. The minimum absolute atomic E-state index is 0.416. The maximum Gasteiger partial charge on any atom is 0.496 e. The third-order valence-electron chi connectivity index (χ3n) is 4.59. The standard InChI is InChI=1S/C14H19BClNO3/c1-12(2)13(3,4)20-15(19-12)9-7-11(14(18)5-6-14)17-8-10(9)16/h7-8,18H,5-6H2,1-4H3. The van der Waals surface area contributed by atoms with Crippen LogP contribution in [-0.4, -0.2) is 28.4 Å². The summed E-state index contributed by atoms with van der Waals surface area (Å²) in [6.45, 7) is 7.99. The molecule has 1 aromatic rings. The van der Waals surface area contributed by atoms with Crippen molar-refractivity contribution in [1.82, 2.24) is 4.98 Å². The third-order valence-corrected chi connectivity index (χ3v) is 4.91. The molecule has 0 spiro atoms. The monoisotopic (exact) mass is 295 g/mol. The molecule has 4 nitrogen and oxygen atoms in total. The average Bonchev–Trinajstić information content (AvgIpc) is 3.02. The van der Waals surface area contributed by atoms with Crippen molar-refractivity contribution in [2.45, 2.75) is 57.3 Å². The average molecular weight is 296 g/mol. The molecule has 2 fully saturated rings. The molecule has 0 unspecified atom stereocenters. The Kier molecular flexibility index (Phi) is 3.01. The van der Waals surface area contributed by atoms with Crippen LogP contribution in [-0.2, 0) is 14.9 Å². The quantitative estimate of drug-likeness (QED) is 0.848. The Morgan fingerprint density at radius 3 is 2.25 bits per heavy atom. The molecule has 0 radical (unpaired) electrons. The van der Waals surface area contributed by atoms with Gasteiger partial charge in [0.25, 0.3) is 0 Å². The zero-order valence-electron chi connectivity index (χ0n) is 12.2. The minimum atomic E-state index is -0.789. The number of nitrogens with zero attached hydrogens (tertiary/aromatic N) is 1. The fourth-order valence-electron chi connectivity index (χ4n) is 2.23. The van der Waals surface area contributed by atoms with Crippen molar-refractivity contribution < 1.29 is 14.4 Å². The fraction of sp³-hybridized carbons (Fsp3) is 0.643. The highest BCUT2D eigenvalue weighted by molar-refractivity contribution is 6.65. The van der Waals surface area contributed by atoms with Gasteiger partial charge in [0, 0.05) is 11.7 Å². The Morgan fingerprint density at radius 1 is 1.20 bits per heavy atom. The van der Waals surface area contributed by atoms with Gasteiger partial charge in [0.05, 0.1) is 21.9 Å². The zero-order chi connectivity index (χ0) is 14.8. The SMILES string of the molecule is CC1(C)OB(c2cc(C3(O)CC3)ncc2Cl)OC1(C)C. The van der Waals surface area contributed by atoms with E-state index in [9.17, 15) is 5.11 Å². The van der Waals surface area contributed by atoms with E-state index < -0.39 is 23.9 Å². The first-order chi connectivity index (χ1) is 9.15. The predicted octanol–water partition coefficient (Wildman–Crippen LogP) is 2.02. The molecule has 20 heavy (non-hydrogen) atoms. The van der Waals surface area contributed by atoms with Crippen molar-refractivity contribution in [3.05, 3.63) is 23.0 Å². The summed E-state index contributed by atoms with van der Waals surface area (Å²) >= 11 is 6.23. The molecule has 0 atom stereocenters. The van der Waals surface area contributed by atoms with Gasteiger partial charge in [0.2, 0.25) is 0 Å². The van der Waals surface area contributed by atoms with Crippen molar-refractivity contribution in [1.29, 1.82) is 0 Å². The summed E-state index contributed by atoms with van der Waals surface area (Å²) in [5.74, 6) is 0. The summed E-state index contributed by atoms with van der Waals surface area (Å²) in [7, 11) is -0.531. The lowest BCUT2D eigenvalue weighted by Gasteiger charge is -2.32. The smallest absolute Gasteiger partial charge is 0.399 e. The van der Waals surface area contributed by atoms with Gasteiger partial charge in [0.15, 0.2) is 0 Å². The second-order valence-electron chi connectivity index (χ2n) is 6.71. The van der Waals surface area contributed by atoms with Gasteiger partial charge in [-0.15, -0.1) is 0 Å². The van der Waals surface area contributed by atoms with E-state index in [1.54, 1.807) is 12.3 Å². The lowest BCUT2D eigenvalue weighted by molar-refractivity contribution is 0.00578.